The van der Waals surface area contributed by atoms with Crippen LogP contribution in [-0.2, 0) is 6.61 Å². The van der Waals surface area contributed by atoms with E-state index in [1.807, 2.05) is 26.8 Å². The third-order valence-electron chi connectivity index (χ3n) is 5.43. The van der Waals surface area contributed by atoms with Gasteiger partial charge in [0, 0.05) is 17.2 Å². The van der Waals surface area contributed by atoms with Gasteiger partial charge in [-0.05, 0) is 80.8 Å². The average molecular weight is 450 g/mol. The van der Waals surface area contributed by atoms with Gasteiger partial charge in [-0.3, -0.25) is 4.79 Å². The largest absolute Gasteiger partial charge is 0.497 e. The van der Waals surface area contributed by atoms with Crippen LogP contribution in [0.3, 0.4) is 0 Å². The van der Waals surface area contributed by atoms with E-state index in [4.69, 9.17) is 18.9 Å². The van der Waals surface area contributed by atoms with Crippen LogP contribution in [0, 0.1) is 20.8 Å². The summed E-state index contributed by atoms with van der Waals surface area (Å²) in [6.07, 6.45) is 0. The van der Waals surface area contributed by atoms with Crippen LogP contribution in [0.1, 0.15) is 39.5 Å². The monoisotopic (exact) mass is 449 g/mol. The van der Waals surface area contributed by atoms with Crippen molar-refractivity contribution in [3.8, 4) is 23.0 Å². The number of carbonyl (C=O) groups excluding carboxylic acids is 1. The number of methoxy groups -OCH3 is 2. The first-order valence-corrected chi connectivity index (χ1v) is 10.9. The summed E-state index contributed by atoms with van der Waals surface area (Å²) < 4.78 is 22.5. The zero-order valence-electron chi connectivity index (χ0n) is 20.1. The van der Waals surface area contributed by atoms with Gasteiger partial charge in [-0.25, -0.2) is 0 Å². The van der Waals surface area contributed by atoms with Gasteiger partial charge in [0.25, 0.3) is 5.91 Å². The molecule has 0 heterocycles. The van der Waals surface area contributed by atoms with Gasteiger partial charge in [0.1, 0.15) is 29.6 Å². The van der Waals surface area contributed by atoms with E-state index in [1.54, 1.807) is 50.6 Å². The van der Waals surface area contributed by atoms with Crippen molar-refractivity contribution in [1.82, 2.24) is 0 Å². The number of hydrogen-bond acceptors (Lipinski definition) is 5. The maximum absolute atomic E-state index is 13.0. The van der Waals surface area contributed by atoms with E-state index >= 15 is 0 Å². The van der Waals surface area contributed by atoms with Crippen LogP contribution in [0.2, 0.25) is 0 Å². The van der Waals surface area contributed by atoms with Gasteiger partial charge in [0.05, 0.1) is 26.5 Å². The molecule has 0 spiro atoms. The van der Waals surface area contributed by atoms with Crippen LogP contribution in [-0.4, -0.2) is 26.7 Å². The lowest BCUT2D eigenvalue weighted by Gasteiger charge is -2.16. The smallest absolute Gasteiger partial charge is 0.255 e. The number of aryl methyl sites for hydroxylation is 2. The lowest BCUT2D eigenvalue weighted by molar-refractivity contribution is 0.102. The molecule has 33 heavy (non-hydrogen) atoms. The minimum Gasteiger partial charge on any atom is -0.497 e. The Morgan fingerprint density at radius 3 is 2.33 bits per heavy atom. The number of hydrogen-bond donors (Lipinski definition) is 1. The molecule has 1 amide bonds. The quantitative estimate of drug-likeness (QED) is 0.443. The third-order valence-corrected chi connectivity index (χ3v) is 5.43. The Bertz CT molecular complexity index is 1140. The predicted molar refractivity (Wildman–Crippen MR) is 130 cm³/mol. The van der Waals surface area contributed by atoms with Crippen LogP contribution in [0.5, 0.6) is 23.0 Å². The van der Waals surface area contributed by atoms with Gasteiger partial charge in [-0.2, -0.15) is 0 Å². The molecule has 3 aromatic carbocycles. The molecule has 0 radical (unpaired) electrons. The summed E-state index contributed by atoms with van der Waals surface area (Å²) in [5.41, 5.74) is 5.26. The number of ether oxygens (including phenoxy) is 4. The molecule has 6 heteroatoms. The topological polar surface area (TPSA) is 66.0 Å². The summed E-state index contributed by atoms with van der Waals surface area (Å²) in [4.78, 5) is 13.0. The van der Waals surface area contributed by atoms with E-state index in [1.165, 1.54) is 5.56 Å². The molecule has 0 saturated carbocycles. The molecule has 1 N–H and O–H groups in total. The fraction of sp³-hybridized carbons (Fsp3) is 0.296. The summed E-state index contributed by atoms with van der Waals surface area (Å²) in [6, 6.07) is 14.7. The molecular weight excluding hydrogens is 418 g/mol. The zero-order valence-corrected chi connectivity index (χ0v) is 20.1. The van der Waals surface area contributed by atoms with Crippen molar-refractivity contribution in [1.29, 1.82) is 0 Å². The molecule has 0 unspecified atom stereocenters. The standard InChI is InChI=1S/C27H31NO5/c1-7-32-24-11-8-20(27(29)28-23-10-9-22(30-5)15-26(23)31-6)14-21(24)16-33-25-13-17(2)12-18(3)19(25)4/h8-15H,7,16H2,1-6H3,(H,28,29). The van der Waals surface area contributed by atoms with E-state index in [9.17, 15) is 4.79 Å². The van der Waals surface area contributed by atoms with Crippen molar-refractivity contribution in [2.24, 2.45) is 0 Å². The number of anilines is 1. The summed E-state index contributed by atoms with van der Waals surface area (Å²) >= 11 is 0. The first-order chi connectivity index (χ1) is 15.9. The second kappa shape index (κ2) is 10.8. The Balaban J connectivity index is 1.84. The van der Waals surface area contributed by atoms with Crippen molar-refractivity contribution in [3.63, 3.8) is 0 Å². The van der Waals surface area contributed by atoms with Crippen LogP contribution < -0.4 is 24.3 Å². The van der Waals surface area contributed by atoms with Crippen molar-refractivity contribution in [2.75, 3.05) is 26.1 Å². The van der Waals surface area contributed by atoms with Crippen molar-refractivity contribution < 1.29 is 23.7 Å². The molecule has 0 aliphatic heterocycles. The Morgan fingerprint density at radius 1 is 0.848 bits per heavy atom. The average Bonchev–Trinajstić information content (AvgIpc) is 2.81. The van der Waals surface area contributed by atoms with Crippen LogP contribution in [0.25, 0.3) is 0 Å². The first kappa shape index (κ1) is 24.0. The number of nitrogens with one attached hydrogen (secondary N) is 1. The normalized spacial score (nSPS) is 10.5. The lowest BCUT2D eigenvalue weighted by Crippen LogP contribution is -2.14. The SMILES string of the molecule is CCOc1ccc(C(=O)Nc2ccc(OC)cc2OC)cc1COc1cc(C)cc(C)c1C. The lowest BCUT2D eigenvalue weighted by atomic mass is 10.1. The van der Waals surface area contributed by atoms with E-state index < -0.39 is 0 Å². The fourth-order valence-electron chi connectivity index (χ4n) is 3.53. The Morgan fingerprint density at radius 2 is 1.64 bits per heavy atom. The van der Waals surface area contributed by atoms with Crippen molar-refractivity contribution >= 4 is 11.6 Å². The van der Waals surface area contributed by atoms with Gasteiger partial charge in [-0.15, -0.1) is 0 Å². The fourth-order valence-corrected chi connectivity index (χ4v) is 3.53. The molecule has 0 aromatic heterocycles. The second-order valence-electron chi connectivity index (χ2n) is 7.77. The number of amides is 1. The zero-order chi connectivity index (χ0) is 24.0. The van der Waals surface area contributed by atoms with Crippen LogP contribution >= 0.6 is 0 Å². The molecule has 0 fully saturated rings. The van der Waals surface area contributed by atoms with Gasteiger partial charge in [-0.1, -0.05) is 6.07 Å². The Hall–Kier alpha value is -3.67. The number of benzene rings is 3. The molecule has 3 aromatic rings. The van der Waals surface area contributed by atoms with E-state index in [0.29, 0.717) is 35.1 Å². The van der Waals surface area contributed by atoms with Gasteiger partial charge in [0.2, 0.25) is 0 Å². The van der Waals surface area contributed by atoms with E-state index in [2.05, 4.69) is 18.3 Å². The molecule has 0 atom stereocenters. The first-order valence-electron chi connectivity index (χ1n) is 10.9. The number of carbonyl (C=O) groups is 1. The Kier molecular flexibility index (Phi) is 7.83. The summed E-state index contributed by atoms with van der Waals surface area (Å²) in [5, 5.41) is 2.90. The molecule has 0 aliphatic carbocycles. The Labute approximate surface area is 195 Å². The summed E-state index contributed by atoms with van der Waals surface area (Å²) in [6.45, 7) is 8.88. The van der Waals surface area contributed by atoms with Crippen LogP contribution in [0.4, 0.5) is 5.69 Å². The molecular formula is C27H31NO5. The number of rotatable bonds is 9. The highest BCUT2D eigenvalue weighted by atomic mass is 16.5. The molecule has 0 aliphatic rings. The summed E-state index contributed by atoms with van der Waals surface area (Å²) in [7, 11) is 3.13. The molecule has 3 rings (SSSR count). The third kappa shape index (κ3) is 5.77. The second-order valence-corrected chi connectivity index (χ2v) is 7.77. The molecule has 6 nitrogen and oxygen atoms in total. The van der Waals surface area contributed by atoms with Crippen LogP contribution in [0.15, 0.2) is 48.5 Å². The van der Waals surface area contributed by atoms with E-state index in [-0.39, 0.29) is 12.5 Å². The van der Waals surface area contributed by atoms with Crippen molar-refractivity contribution in [3.05, 3.63) is 76.3 Å². The van der Waals surface area contributed by atoms with Gasteiger partial charge < -0.3 is 24.3 Å². The van der Waals surface area contributed by atoms with Gasteiger partial charge >= 0.3 is 0 Å². The molecule has 174 valence electrons. The van der Waals surface area contributed by atoms with Crippen molar-refractivity contribution in [2.45, 2.75) is 34.3 Å². The maximum Gasteiger partial charge on any atom is 0.255 e. The highest BCUT2D eigenvalue weighted by Crippen LogP contribution is 2.30. The minimum atomic E-state index is -0.259. The molecule has 0 bridgehead atoms. The van der Waals surface area contributed by atoms with Gasteiger partial charge in [0.15, 0.2) is 0 Å². The highest BCUT2D eigenvalue weighted by Gasteiger charge is 2.15. The minimum absolute atomic E-state index is 0.259. The molecule has 0 saturated heterocycles. The van der Waals surface area contributed by atoms with E-state index in [0.717, 1.165) is 22.4 Å². The summed E-state index contributed by atoms with van der Waals surface area (Å²) in [5.74, 6) is 2.42. The maximum atomic E-state index is 13.0. The highest BCUT2D eigenvalue weighted by molar-refractivity contribution is 6.05. The predicted octanol–water partition coefficient (Wildman–Crippen LogP) is 5.86.